The van der Waals surface area contributed by atoms with E-state index in [1.807, 2.05) is 36.4 Å². The zero-order valence-corrected chi connectivity index (χ0v) is 23.8. The molecule has 13 heteroatoms. The van der Waals surface area contributed by atoms with Crippen LogP contribution >= 0.6 is 0 Å². The van der Waals surface area contributed by atoms with E-state index in [9.17, 15) is 19.8 Å². The fourth-order valence-corrected chi connectivity index (χ4v) is 5.09. The van der Waals surface area contributed by atoms with Crippen molar-refractivity contribution in [3.8, 4) is 0 Å². The predicted octanol–water partition coefficient (Wildman–Crippen LogP) is 0.904. The second kappa shape index (κ2) is 13.7. The van der Waals surface area contributed by atoms with E-state index in [0.717, 1.165) is 11.1 Å². The molecular weight excluding hydrogens is 552 g/mol. The van der Waals surface area contributed by atoms with Crippen molar-refractivity contribution in [1.29, 1.82) is 0 Å². The minimum atomic E-state index is -1.48. The molecule has 1 aliphatic heterocycles. The van der Waals surface area contributed by atoms with Gasteiger partial charge in [-0.1, -0.05) is 60.7 Å². The summed E-state index contributed by atoms with van der Waals surface area (Å²) in [6.07, 6.45) is -3.47. The maximum Gasteiger partial charge on any atom is 0.289 e. The van der Waals surface area contributed by atoms with E-state index in [1.165, 1.54) is 10.9 Å². The largest absolute Gasteiger partial charge is 0.387 e. The van der Waals surface area contributed by atoms with Gasteiger partial charge < -0.3 is 36.6 Å². The number of imidazole rings is 1. The maximum absolute atomic E-state index is 13.1. The van der Waals surface area contributed by atoms with Gasteiger partial charge in [0.1, 0.15) is 12.2 Å². The van der Waals surface area contributed by atoms with Crippen LogP contribution in [0.2, 0.25) is 0 Å². The molecule has 2 aromatic heterocycles. The summed E-state index contributed by atoms with van der Waals surface area (Å²) < 4.78 is 7.20. The molecule has 226 valence electrons. The first-order chi connectivity index (χ1) is 20.9. The molecule has 1 aliphatic rings. The normalized spacial score (nSPS) is 19.9. The monoisotopic (exact) mass is 588 g/mol. The number of aliphatic hydroxyl groups is 2. The van der Waals surface area contributed by atoms with Crippen LogP contribution in [-0.4, -0.2) is 86.0 Å². The van der Waals surface area contributed by atoms with Crippen molar-refractivity contribution < 1.29 is 24.5 Å². The highest BCUT2D eigenvalue weighted by Gasteiger charge is 2.47. The molecule has 1 fully saturated rings. The Kier molecular flexibility index (Phi) is 9.57. The summed E-state index contributed by atoms with van der Waals surface area (Å²) in [7, 11) is 0. The molecule has 5 rings (SSSR count). The summed E-state index contributed by atoms with van der Waals surface area (Å²) in [4.78, 5) is 39.0. The van der Waals surface area contributed by atoms with E-state index in [-0.39, 0.29) is 17.4 Å². The summed E-state index contributed by atoms with van der Waals surface area (Å²) in [6.45, 7) is 3.24. The number of rotatable bonds is 12. The van der Waals surface area contributed by atoms with Gasteiger partial charge in [0.25, 0.3) is 11.8 Å². The van der Waals surface area contributed by atoms with Gasteiger partial charge in [-0.05, 0) is 31.0 Å². The first-order valence-electron chi connectivity index (χ1n) is 14.3. The molecule has 4 atom stereocenters. The SMILES string of the molecule is CCNC(=O)[C@H]1O[C@@H](n2cnc3c(NCC(c4ccccc4)c4ccccc4)nc(C(=O)NCCCN)nc32)[C@H](O)[C@@H]1O. The first kappa shape index (κ1) is 30.0. The average molecular weight is 589 g/mol. The van der Waals surface area contributed by atoms with Crippen LogP contribution in [0.3, 0.4) is 0 Å². The number of carbonyl (C=O) groups is 2. The van der Waals surface area contributed by atoms with Gasteiger partial charge in [-0.2, -0.15) is 0 Å². The van der Waals surface area contributed by atoms with Gasteiger partial charge in [-0.25, -0.2) is 15.0 Å². The highest BCUT2D eigenvalue weighted by molar-refractivity contribution is 5.94. The van der Waals surface area contributed by atoms with Crippen LogP contribution in [0.25, 0.3) is 11.2 Å². The molecule has 0 unspecified atom stereocenters. The van der Waals surface area contributed by atoms with E-state index >= 15 is 0 Å². The molecule has 3 heterocycles. The zero-order valence-electron chi connectivity index (χ0n) is 23.8. The molecule has 2 amide bonds. The van der Waals surface area contributed by atoms with Gasteiger partial charge in [-0.3, -0.25) is 14.2 Å². The lowest BCUT2D eigenvalue weighted by molar-refractivity contribution is -0.137. The second-order valence-corrected chi connectivity index (χ2v) is 10.2. The Morgan fingerprint density at radius 2 is 1.67 bits per heavy atom. The molecule has 0 aliphatic carbocycles. The van der Waals surface area contributed by atoms with E-state index in [0.29, 0.717) is 43.9 Å². The number of likely N-dealkylation sites (N-methyl/N-ethyl adjacent to an activating group) is 1. The number of benzene rings is 2. The molecule has 0 radical (unpaired) electrons. The lowest BCUT2D eigenvalue weighted by atomic mass is 9.91. The van der Waals surface area contributed by atoms with Gasteiger partial charge in [0.05, 0.1) is 6.33 Å². The maximum atomic E-state index is 13.1. The number of hydrogen-bond acceptors (Lipinski definition) is 10. The van der Waals surface area contributed by atoms with Crippen LogP contribution in [-0.2, 0) is 9.53 Å². The van der Waals surface area contributed by atoms with Crippen LogP contribution < -0.4 is 21.7 Å². The van der Waals surface area contributed by atoms with Crippen molar-refractivity contribution in [1.82, 2.24) is 30.2 Å². The first-order valence-corrected chi connectivity index (χ1v) is 14.3. The van der Waals surface area contributed by atoms with Crippen molar-refractivity contribution in [3.63, 3.8) is 0 Å². The van der Waals surface area contributed by atoms with E-state index < -0.39 is 36.4 Å². The number of anilines is 1. The predicted molar refractivity (Wildman–Crippen MR) is 159 cm³/mol. The number of hydrogen-bond donors (Lipinski definition) is 6. The number of amides is 2. The number of nitrogens with one attached hydrogen (secondary N) is 3. The van der Waals surface area contributed by atoms with Gasteiger partial charge in [0.15, 0.2) is 29.3 Å². The third-order valence-corrected chi connectivity index (χ3v) is 7.29. The Balaban J connectivity index is 1.51. The number of aliphatic hydroxyl groups excluding tert-OH is 2. The molecular formula is C30H36N8O5. The molecule has 0 bridgehead atoms. The second-order valence-electron chi connectivity index (χ2n) is 10.2. The van der Waals surface area contributed by atoms with Crippen LogP contribution in [0.15, 0.2) is 67.0 Å². The zero-order chi connectivity index (χ0) is 30.3. The van der Waals surface area contributed by atoms with Crippen molar-refractivity contribution in [3.05, 3.63) is 83.9 Å². The smallest absolute Gasteiger partial charge is 0.289 e. The van der Waals surface area contributed by atoms with Gasteiger partial charge in [0, 0.05) is 25.6 Å². The minimum Gasteiger partial charge on any atom is -0.387 e. The Labute approximate surface area is 248 Å². The number of carbonyl (C=O) groups excluding carboxylic acids is 2. The minimum absolute atomic E-state index is 0.0516. The summed E-state index contributed by atoms with van der Waals surface area (Å²) in [6, 6.07) is 20.0. The molecule has 4 aromatic rings. The van der Waals surface area contributed by atoms with Gasteiger partial charge in [-0.15, -0.1) is 0 Å². The summed E-state index contributed by atoms with van der Waals surface area (Å²) in [5.74, 6) is -0.937. The van der Waals surface area contributed by atoms with E-state index in [2.05, 4.69) is 55.2 Å². The Morgan fingerprint density at radius 3 is 2.30 bits per heavy atom. The molecule has 43 heavy (non-hydrogen) atoms. The van der Waals surface area contributed by atoms with Gasteiger partial charge in [0.2, 0.25) is 5.82 Å². The van der Waals surface area contributed by atoms with E-state index in [4.69, 9.17) is 10.5 Å². The lowest BCUT2D eigenvalue weighted by Crippen LogP contribution is -2.42. The summed E-state index contributed by atoms with van der Waals surface area (Å²) in [5.41, 5.74) is 8.26. The van der Waals surface area contributed by atoms with Crippen LogP contribution in [0.5, 0.6) is 0 Å². The Bertz CT molecular complexity index is 1490. The fraction of sp³-hybridized carbons (Fsp3) is 0.367. The fourth-order valence-electron chi connectivity index (χ4n) is 5.09. The van der Waals surface area contributed by atoms with Crippen LogP contribution in [0.4, 0.5) is 5.82 Å². The van der Waals surface area contributed by atoms with Crippen molar-refractivity contribution >= 4 is 28.8 Å². The van der Waals surface area contributed by atoms with Crippen molar-refractivity contribution in [2.75, 3.05) is 31.5 Å². The number of nitrogens with zero attached hydrogens (tertiary/aromatic N) is 4. The number of fused-ring (bicyclic) bond motifs is 1. The standard InChI is InChI=1S/C30H36N8O5/c1-2-32-28(41)24-22(39)23(40)30(43-24)38-17-35-21-25(36-26(37-27(21)38)29(42)33-15-9-14-31)34-16-20(18-10-5-3-6-11-18)19-12-7-4-8-13-19/h3-8,10-13,17,20,22-24,30,39-40H,2,9,14-16,31H2,1H3,(H,32,41)(H,33,42)(H,34,36,37)/t22-,23+,24-,30+/m0/s1. The van der Waals surface area contributed by atoms with Crippen LogP contribution in [0.1, 0.15) is 47.2 Å². The molecule has 7 N–H and O–H groups in total. The average Bonchev–Trinajstić information content (AvgIpc) is 3.58. The molecule has 1 saturated heterocycles. The van der Waals surface area contributed by atoms with E-state index in [1.54, 1.807) is 6.92 Å². The third-order valence-electron chi connectivity index (χ3n) is 7.29. The summed E-state index contributed by atoms with van der Waals surface area (Å²) in [5, 5.41) is 30.2. The molecule has 2 aromatic carbocycles. The molecule has 13 nitrogen and oxygen atoms in total. The third kappa shape index (κ3) is 6.49. The summed E-state index contributed by atoms with van der Waals surface area (Å²) >= 11 is 0. The number of ether oxygens (including phenoxy) is 1. The quantitative estimate of drug-likeness (QED) is 0.130. The number of aromatic nitrogens is 4. The number of nitrogens with two attached hydrogens (primary N) is 1. The van der Waals surface area contributed by atoms with Crippen molar-refractivity contribution in [2.45, 2.75) is 43.8 Å². The Morgan fingerprint density at radius 1 is 1.00 bits per heavy atom. The highest BCUT2D eigenvalue weighted by Crippen LogP contribution is 2.33. The van der Waals surface area contributed by atoms with Gasteiger partial charge >= 0.3 is 0 Å². The topological polar surface area (TPSA) is 190 Å². The van der Waals surface area contributed by atoms with Crippen LogP contribution in [0, 0.1) is 0 Å². The van der Waals surface area contributed by atoms with Crippen molar-refractivity contribution in [2.24, 2.45) is 5.73 Å². The lowest BCUT2D eigenvalue weighted by Gasteiger charge is -2.20. The molecule has 0 spiro atoms. The highest BCUT2D eigenvalue weighted by atomic mass is 16.6. The Hall–Kier alpha value is -4.43. The molecule has 0 saturated carbocycles.